The van der Waals surface area contributed by atoms with Crippen LogP contribution in [0, 0.1) is 6.92 Å². The molecule has 0 spiro atoms. The maximum atomic E-state index is 13.6. The molecule has 0 aliphatic carbocycles. The highest BCUT2D eigenvalue weighted by atomic mass is 32.1. The summed E-state index contributed by atoms with van der Waals surface area (Å²) in [6, 6.07) is 12.6. The molecule has 0 radical (unpaired) electrons. The van der Waals surface area contributed by atoms with Gasteiger partial charge in [0, 0.05) is 43.9 Å². The fraction of sp³-hybridized carbons (Fsp3) is 0.240. The number of hydrogen-bond acceptors (Lipinski definition) is 6. The summed E-state index contributed by atoms with van der Waals surface area (Å²) in [6.45, 7) is 3.23. The summed E-state index contributed by atoms with van der Waals surface area (Å²) in [5.41, 5.74) is 2.93. The van der Waals surface area contributed by atoms with E-state index in [2.05, 4.69) is 4.98 Å². The van der Waals surface area contributed by atoms with Gasteiger partial charge in [0.15, 0.2) is 5.13 Å². The van der Waals surface area contributed by atoms with Gasteiger partial charge in [-0.25, -0.2) is 9.97 Å². The fourth-order valence-electron chi connectivity index (χ4n) is 4.08. The number of carbonyl (C=O) groups excluding carboxylic acids is 3. The average Bonchev–Trinajstić information content (AvgIpc) is 3.58. The zero-order valence-corrected chi connectivity index (χ0v) is 19.5. The van der Waals surface area contributed by atoms with Crippen molar-refractivity contribution in [2.75, 3.05) is 16.3 Å². The SMILES string of the molecule is Cc1cccc2sc(N(CCCn3ccnc3)C(=O)c3ccc(N4C(=O)CCC4=O)cc3)nc12. The molecule has 0 atom stereocenters. The second-order valence-corrected chi connectivity index (χ2v) is 9.21. The van der Waals surface area contributed by atoms with E-state index in [4.69, 9.17) is 4.98 Å². The van der Waals surface area contributed by atoms with E-state index in [1.807, 2.05) is 35.9 Å². The van der Waals surface area contributed by atoms with Gasteiger partial charge >= 0.3 is 0 Å². The molecule has 4 aromatic rings. The lowest BCUT2D eigenvalue weighted by Crippen LogP contribution is -2.32. The van der Waals surface area contributed by atoms with E-state index < -0.39 is 0 Å². The Morgan fingerprint density at radius 1 is 1.09 bits per heavy atom. The van der Waals surface area contributed by atoms with Gasteiger partial charge < -0.3 is 4.57 Å². The number of aromatic nitrogens is 3. The van der Waals surface area contributed by atoms with E-state index >= 15 is 0 Å². The Labute approximate surface area is 200 Å². The number of hydrogen-bond donors (Lipinski definition) is 0. The van der Waals surface area contributed by atoms with E-state index in [-0.39, 0.29) is 30.6 Å². The molecular formula is C25H23N5O3S. The van der Waals surface area contributed by atoms with Crippen molar-refractivity contribution < 1.29 is 14.4 Å². The molecule has 8 nitrogen and oxygen atoms in total. The molecule has 1 fully saturated rings. The lowest BCUT2D eigenvalue weighted by molar-refractivity contribution is -0.121. The first-order chi connectivity index (χ1) is 16.5. The minimum atomic E-state index is -0.213. The van der Waals surface area contributed by atoms with Crippen LogP contribution < -0.4 is 9.80 Å². The number of thiazole rings is 1. The van der Waals surface area contributed by atoms with Crippen LogP contribution in [0.25, 0.3) is 10.2 Å². The Kier molecular flexibility index (Phi) is 5.93. The molecule has 0 N–H and O–H groups in total. The summed E-state index contributed by atoms with van der Waals surface area (Å²) in [7, 11) is 0. The van der Waals surface area contributed by atoms with Crippen LogP contribution in [0.4, 0.5) is 10.8 Å². The monoisotopic (exact) mass is 473 g/mol. The van der Waals surface area contributed by atoms with Crippen molar-refractivity contribution in [3.63, 3.8) is 0 Å². The number of para-hydroxylation sites is 1. The Hall–Kier alpha value is -3.85. The highest BCUT2D eigenvalue weighted by Crippen LogP contribution is 2.32. The van der Waals surface area contributed by atoms with Gasteiger partial charge in [0.05, 0.1) is 22.2 Å². The zero-order chi connectivity index (χ0) is 23.7. The maximum absolute atomic E-state index is 13.6. The third kappa shape index (κ3) is 4.22. The van der Waals surface area contributed by atoms with E-state index in [1.54, 1.807) is 41.7 Å². The number of rotatable bonds is 7. The van der Waals surface area contributed by atoms with Crippen molar-refractivity contribution in [3.05, 3.63) is 72.3 Å². The minimum Gasteiger partial charge on any atom is -0.337 e. The molecule has 3 amide bonds. The number of aryl methyl sites for hydroxylation is 2. The molecule has 1 aliphatic heterocycles. The molecule has 0 bridgehead atoms. The predicted molar refractivity (Wildman–Crippen MR) is 131 cm³/mol. The van der Waals surface area contributed by atoms with Crippen LogP contribution in [0.5, 0.6) is 0 Å². The quantitative estimate of drug-likeness (QED) is 0.376. The molecule has 2 aromatic carbocycles. The summed E-state index contributed by atoms with van der Waals surface area (Å²) in [5, 5.41) is 0.647. The van der Waals surface area contributed by atoms with E-state index in [0.29, 0.717) is 22.9 Å². The Balaban J connectivity index is 1.42. The van der Waals surface area contributed by atoms with Gasteiger partial charge in [0.25, 0.3) is 5.91 Å². The molecular weight excluding hydrogens is 450 g/mol. The first-order valence-corrected chi connectivity index (χ1v) is 11.9. The van der Waals surface area contributed by atoms with Crippen molar-refractivity contribution in [2.24, 2.45) is 0 Å². The first-order valence-electron chi connectivity index (χ1n) is 11.1. The molecule has 9 heteroatoms. The molecule has 172 valence electrons. The largest absolute Gasteiger partial charge is 0.337 e. The molecule has 0 saturated carbocycles. The van der Waals surface area contributed by atoms with Crippen LogP contribution >= 0.6 is 11.3 Å². The van der Waals surface area contributed by atoms with Crippen LogP contribution in [0.1, 0.15) is 35.2 Å². The van der Waals surface area contributed by atoms with Gasteiger partial charge in [-0.3, -0.25) is 24.2 Å². The second-order valence-electron chi connectivity index (χ2n) is 8.20. The van der Waals surface area contributed by atoms with Gasteiger partial charge in [-0.05, 0) is 49.2 Å². The number of benzene rings is 2. The Morgan fingerprint density at radius 2 is 1.85 bits per heavy atom. The zero-order valence-electron chi connectivity index (χ0n) is 18.7. The van der Waals surface area contributed by atoms with Crippen molar-refractivity contribution in [3.8, 4) is 0 Å². The third-order valence-corrected chi connectivity index (χ3v) is 6.91. The van der Waals surface area contributed by atoms with E-state index in [1.165, 1.54) is 16.2 Å². The summed E-state index contributed by atoms with van der Waals surface area (Å²) in [4.78, 5) is 49.4. The summed E-state index contributed by atoms with van der Waals surface area (Å²) >= 11 is 1.49. The standard InChI is InChI=1S/C25H23N5O3S/c1-17-4-2-5-20-23(17)27-25(34-20)29(14-3-13-28-15-12-26-16-28)24(33)18-6-8-19(9-7-18)30-21(31)10-11-22(30)32/h2,4-9,12,15-16H,3,10-11,13-14H2,1H3. The summed E-state index contributed by atoms with van der Waals surface area (Å²) in [5.74, 6) is -0.599. The van der Waals surface area contributed by atoms with Crippen molar-refractivity contribution in [2.45, 2.75) is 32.7 Å². The van der Waals surface area contributed by atoms with Crippen LogP contribution in [0.3, 0.4) is 0 Å². The number of nitrogens with zero attached hydrogens (tertiary/aromatic N) is 5. The molecule has 1 aliphatic rings. The second kappa shape index (κ2) is 9.18. The number of imide groups is 1. The fourth-order valence-corrected chi connectivity index (χ4v) is 5.15. The first kappa shape index (κ1) is 22.0. The number of imidazole rings is 1. The van der Waals surface area contributed by atoms with E-state index in [0.717, 1.165) is 28.7 Å². The van der Waals surface area contributed by atoms with Gasteiger partial charge in [-0.1, -0.05) is 23.5 Å². The lowest BCUT2D eigenvalue weighted by atomic mass is 10.1. The van der Waals surface area contributed by atoms with Crippen LogP contribution in [0.2, 0.25) is 0 Å². The molecule has 1 saturated heterocycles. The predicted octanol–water partition coefficient (Wildman–Crippen LogP) is 4.19. The number of fused-ring (bicyclic) bond motifs is 1. The van der Waals surface area contributed by atoms with Crippen molar-refractivity contribution in [1.29, 1.82) is 0 Å². The van der Waals surface area contributed by atoms with Crippen LogP contribution in [0.15, 0.2) is 61.2 Å². The Bertz CT molecular complexity index is 1350. The van der Waals surface area contributed by atoms with Crippen molar-refractivity contribution in [1.82, 2.24) is 14.5 Å². The van der Waals surface area contributed by atoms with Crippen LogP contribution in [-0.2, 0) is 16.1 Å². The average molecular weight is 474 g/mol. The normalized spacial score (nSPS) is 13.7. The molecule has 5 rings (SSSR count). The van der Waals surface area contributed by atoms with Gasteiger partial charge in [-0.15, -0.1) is 0 Å². The smallest absolute Gasteiger partial charge is 0.260 e. The minimum absolute atomic E-state index is 0.173. The molecule has 0 unspecified atom stereocenters. The number of amides is 3. The number of anilines is 2. The molecule has 34 heavy (non-hydrogen) atoms. The highest BCUT2D eigenvalue weighted by molar-refractivity contribution is 7.22. The Morgan fingerprint density at radius 3 is 2.53 bits per heavy atom. The van der Waals surface area contributed by atoms with Gasteiger partial charge in [-0.2, -0.15) is 0 Å². The van der Waals surface area contributed by atoms with Gasteiger partial charge in [0.2, 0.25) is 11.8 Å². The van der Waals surface area contributed by atoms with Crippen molar-refractivity contribution >= 4 is 50.1 Å². The molecule has 3 heterocycles. The topological polar surface area (TPSA) is 88.4 Å². The van der Waals surface area contributed by atoms with Gasteiger partial charge in [0.1, 0.15) is 0 Å². The number of carbonyl (C=O) groups is 3. The summed E-state index contributed by atoms with van der Waals surface area (Å²) < 4.78 is 3.01. The third-order valence-electron chi connectivity index (χ3n) is 5.87. The highest BCUT2D eigenvalue weighted by Gasteiger charge is 2.30. The summed E-state index contributed by atoms with van der Waals surface area (Å²) in [6.07, 6.45) is 6.56. The van der Waals surface area contributed by atoms with E-state index in [9.17, 15) is 14.4 Å². The lowest BCUT2D eigenvalue weighted by Gasteiger charge is -2.21. The van der Waals surface area contributed by atoms with Crippen LogP contribution in [-0.4, -0.2) is 38.8 Å². The molecule has 2 aromatic heterocycles. The maximum Gasteiger partial charge on any atom is 0.260 e.